The van der Waals surface area contributed by atoms with Crippen LogP contribution in [0.15, 0.2) is 0 Å². The summed E-state index contributed by atoms with van der Waals surface area (Å²) in [6, 6.07) is 0.234. The second kappa shape index (κ2) is 8.95. The fourth-order valence-electron chi connectivity index (χ4n) is 2.50. The van der Waals surface area contributed by atoms with E-state index in [1.165, 1.54) is 0 Å². The number of rotatable bonds is 7. The Hall–Kier alpha value is -1.10. The van der Waals surface area contributed by atoms with E-state index in [1.54, 1.807) is 7.11 Å². The monoisotopic (exact) mass is 284 g/mol. The molecule has 1 rings (SSSR count). The van der Waals surface area contributed by atoms with Crippen molar-refractivity contribution in [1.82, 2.24) is 10.6 Å². The van der Waals surface area contributed by atoms with Crippen molar-refractivity contribution < 1.29 is 14.3 Å². The highest BCUT2D eigenvalue weighted by Gasteiger charge is 2.29. The normalized spacial score (nSPS) is 23.9. The molecule has 0 bridgehead atoms. The van der Waals surface area contributed by atoms with Crippen molar-refractivity contribution in [2.75, 3.05) is 20.3 Å². The van der Waals surface area contributed by atoms with Crippen LogP contribution in [-0.2, 0) is 14.3 Å². The maximum atomic E-state index is 12.0. The first-order valence-corrected chi connectivity index (χ1v) is 7.65. The van der Waals surface area contributed by atoms with Crippen LogP contribution < -0.4 is 10.6 Å². The summed E-state index contributed by atoms with van der Waals surface area (Å²) in [4.78, 5) is 23.9. The van der Waals surface area contributed by atoms with Gasteiger partial charge in [-0.2, -0.15) is 0 Å². The number of hydrogen-bond acceptors (Lipinski definition) is 3. The lowest BCUT2D eigenvalue weighted by Gasteiger charge is -2.28. The minimum atomic E-state index is 0.0551. The molecule has 1 fully saturated rings. The summed E-state index contributed by atoms with van der Waals surface area (Å²) in [6.07, 6.45) is 4.17. The molecule has 0 heterocycles. The van der Waals surface area contributed by atoms with Gasteiger partial charge in [0.1, 0.15) is 0 Å². The average molecular weight is 284 g/mol. The van der Waals surface area contributed by atoms with E-state index in [0.717, 1.165) is 32.1 Å². The van der Waals surface area contributed by atoms with Gasteiger partial charge in [0, 0.05) is 31.5 Å². The van der Waals surface area contributed by atoms with E-state index < -0.39 is 0 Å². The predicted octanol–water partition coefficient (Wildman–Crippen LogP) is 1.47. The first-order valence-electron chi connectivity index (χ1n) is 7.65. The van der Waals surface area contributed by atoms with Crippen LogP contribution in [0.1, 0.15) is 46.0 Å². The van der Waals surface area contributed by atoms with Gasteiger partial charge in [-0.3, -0.25) is 9.59 Å². The van der Waals surface area contributed by atoms with Crippen LogP contribution in [-0.4, -0.2) is 38.1 Å². The fraction of sp³-hybridized carbons (Fsp3) is 0.867. The Labute approximate surface area is 121 Å². The second-order valence-corrected chi connectivity index (χ2v) is 5.65. The molecule has 2 N–H and O–H groups in total. The van der Waals surface area contributed by atoms with Crippen LogP contribution in [0, 0.1) is 11.8 Å². The standard InChI is InChI=1S/C15H28N2O3/c1-4-11(2)17-15(19)13-7-5-12(6-8-13)14(18)16-9-10-20-3/h11-13H,4-10H2,1-3H3,(H,16,18)(H,17,19). The summed E-state index contributed by atoms with van der Waals surface area (Å²) in [5, 5.41) is 5.90. The van der Waals surface area contributed by atoms with Crippen molar-refractivity contribution in [3.8, 4) is 0 Å². The molecule has 1 aliphatic carbocycles. The zero-order valence-corrected chi connectivity index (χ0v) is 12.9. The summed E-state index contributed by atoms with van der Waals surface area (Å²) in [5.74, 6) is 0.381. The van der Waals surface area contributed by atoms with Gasteiger partial charge in [0.25, 0.3) is 0 Å². The molecule has 0 aromatic carbocycles. The molecular formula is C15H28N2O3. The Morgan fingerprint density at radius 2 is 1.70 bits per heavy atom. The maximum Gasteiger partial charge on any atom is 0.223 e. The summed E-state index contributed by atoms with van der Waals surface area (Å²) in [7, 11) is 1.62. The molecule has 1 unspecified atom stereocenters. The maximum absolute atomic E-state index is 12.0. The average Bonchev–Trinajstić information content (AvgIpc) is 2.47. The smallest absolute Gasteiger partial charge is 0.223 e. The van der Waals surface area contributed by atoms with E-state index in [4.69, 9.17) is 4.74 Å². The van der Waals surface area contributed by atoms with Crippen molar-refractivity contribution in [2.24, 2.45) is 11.8 Å². The number of ether oxygens (including phenoxy) is 1. The number of methoxy groups -OCH3 is 1. The van der Waals surface area contributed by atoms with Crippen molar-refractivity contribution in [1.29, 1.82) is 0 Å². The zero-order valence-electron chi connectivity index (χ0n) is 12.9. The number of hydrogen-bond donors (Lipinski definition) is 2. The largest absolute Gasteiger partial charge is 0.383 e. The van der Waals surface area contributed by atoms with Crippen molar-refractivity contribution in [2.45, 2.75) is 52.0 Å². The molecule has 116 valence electrons. The van der Waals surface area contributed by atoms with Crippen LogP contribution in [0.4, 0.5) is 0 Å². The summed E-state index contributed by atoms with van der Waals surface area (Å²) < 4.78 is 4.91. The van der Waals surface area contributed by atoms with Gasteiger partial charge in [-0.05, 0) is 39.0 Å². The van der Waals surface area contributed by atoms with E-state index >= 15 is 0 Å². The van der Waals surface area contributed by atoms with E-state index in [-0.39, 0.29) is 29.7 Å². The lowest BCUT2D eigenvalue weighted by Crippen LogP contribution is -2.40. The van der Waals surface area contributed by atoms with Crippen LogP contribution in [0.5, 0.6) is 0 Å². The van der Waals surface area contributed by atoms with Crippen molar-refractivity contribution in [3.63, 3.8) is 0 Å². The Kier molecular flexibility index (Phi) is 7.59. The third-order valence-electron chi connectivity index (χ3n) is 4.08. The van der Waals surface area contributed by atoms with Crippen LogP contribution >= 0.6 is 0 Å². The zero-order chi connectivity index (χ0) is 15.0. The number of carbonyl (C=O) groups excluding carboxylic acids is 2. The molecule has 0 saturated heterocycles. The topological polar surface area (TPSA) is 67.4 Å². The SMILES string of the molecule is CCC(C)NC(=O)C1CCC(C(=O)NCCOC)CC1. The highest BCUT2D eigenvalue weighted by Crippen LogP contribution is 2.29. The third kappa shape index (κ3) is 5.49. The lowest BCUT2D eigenvalue weighted by atomic mass is 9.81. The molecule has 2 amide bonds. The van der Waals surface area contributed by atoms with Gasteiger partial charge in [-0.25, -0.2) is 0 Å². The van der Waals surface area contributed by atoms with Gasteiger partial charge < -0.3 is 15.4 Å². The lowest BCUT2D eigenvalue weighted by molar-refractivity contribution is -0.131. The molecule has 1 aliphatic rings. The number of carbonyl (C=O) groups is 2. The summed E-state index contributed by atoms with van der Waals surface area (Å²) in [6.45, 7) is 5.18. The van der Waals surface area contributed by atoms with Gasteiger partial charge in [0.15, 0.2) is 0 Å². The fourth-order valence-corrected chi connectivity index (χ4v) is 2.50. The Morgan fingerprint density at radius 1 is 1.15 bits per heavy atom. The molecule has 5 nitrogen and oxygen atoms in total. The Bertz CT molecular complexity index is 312. The Morgan fingerprint density at radius 3 is 2.20 bits per heavy atom. The Balaban J connectivity index is 2.28. The minimum absolute atomic E-state index is 0.0551. The molecule has 5 heteroatoms. The molecule has 0 aromatic heterocycles. The van der Waals surface area contributed by atoms with E-state index in [1.807, 2.05) is 6.92 Å². The third-order valence-corrected chi connectivity index (χ3v) is 4.08. The first kappa shape index (κ1) is 17.0. The molecule has 20 heavy (non-hydrogen) atoms. The van der Waals surface area contributed by atoms with E-state index in [9.17, 15) is 9.59 Å². The summed E-state index contributed by atoms with van der Waals surface area (Å²) in [5.41, 5.74) is 0. The van der Waals surface area contributed by atoms with Gasteiger partial charge in [0.05, 0.1) is 6.61 Å². The molecular weight excluding hydrogens is 256 g/mol. The minimum Gasteiger partial charge on any atom is -0.383 e. The van der Waals surface area contributed by atoms with Crippen molar-refractivity contribution >= 4 is 11.8 Å². The summed E-state index contributed by atoms with van der Waals surface area (Å²) >= 11 is 0. The highest BCUT2D eigenvalue weighted by atomic mass is 16.5. The first-order chi connectivity index (χ1) is 9.58. The quantitative estimate of drug-likeness (QED) is 0.696. The van der Waals surface area contributed by atoms with Gasteiger partial charge in [-0.15, -0.1) is 0 Å². The van der Waals surface area contributed by atoms with Crippen LogP contribution in [0.3, 0.4) is 0 Å². The molecule has 1 atom stereocenters. The second-order valence-electron chi connectivity index (χ2n) is 5.65. The number of nitrogens with one attached hydrogen (secondary N) is 2. The van der Waals surface area contributed by atoms with E-state index in [0.29, 0.717) is 13.2 Å². The van der Waals surface area contributed by atoms with Gasteiger partial charge in [0.2, 0.25) is 11.8 Å². The molecule has 0 aromatic rings. The van der Waals surface area contributed by atoms with E-state index in [2.05, 4.69) is 17.6 Å². The van der Waals surface area contributed by atoms with Gasteiger partial charge >= 0.3 is 0 Å². The van der Waals surface area contributed by atoms with Crippen molar-refractivity contribution in [3.05, 3.63) is 0 Å². The molecule has 0 aliphatic heterocycles. The predicted molar refractivity (Wildman–Crippen MR) is 78.2 cm³/mol. The molecule has 0 radical (unpaired) electrons. The molecule has 0 spiro atoms. The highest BCUT2D eigenvalue weighted by molar-refractivity contribution is 5.81. The van der Waals surface area contributed by atoms with Crippen LogP contribution in [0.25, 0.3) is 0 Å². The van der Waals surface area contributed by atoms with Crippen LogP contribution in [0.2, 0.25) is 0 Å². The van der Waals surface area contributed by atoms with Gasteiger partial charge in [-0.1, -0.05) is 6.92 Å². The number of amides is 2. The molecule has 1 saturated carbocycles.